The minimum Gasteiger partial charge on any atom is -0.491 e. The predicted molar refractivity (Wildman–Crippen MR) is 79.2 cm³/mol. The molecule has 0 radical (unpaired) electrons. The van der Waals surface area contributed by atoms with Gasteiger partial charge in [-0.1, -0.05) is 18.2 Å². The number of benzene rings is 2. The highest BCUT2D eigenvalue weighted by atomic mass is 19.1. The molecule has 0 amide bonds. The lowest BCUT2D eigenvalue weighted by molar-refractivity contribution is 0.242. The molecule has 0 aliphatic heterocycles. The summed E-state index contributed by atoms with van der Waals surface area (Å²) in [5.41, 5.74) is 6.88. The first-order valence-corrected chi connectivity index (χ1v) is 6.92. The molecule has 112 valence electrons. The van der Waals surface area contributed by atoms with E-state index in [9.17, 15) is 8.78 Å². The molecular weight excluding hydrogens is 272 g/mol. The number of hydrogen-bond acceptors (Lipinski definition) is 2. The Morgan fingerprint density at radius 3 is 2.10 bits per heavy atom. The average Bonchev–Trinajstić information content (AvgIpc) is 2.43. The van der Waals surface area contributed by atoms with Gasteiger partial charge in [-0.15, -0.1) is 0 Å². The maximum absolute atomic E-state index is 13.6. The van der Waals surface area contributed by atoms with Crippen LogP contribution in [0.5, 0.6) is 5.75 Å². The van der Waals surface area contributed by atoms with E-state index in [1.165, 1.54) is 18.2 Å². The van der Waals surface area contributed by atoms with E-state index in [0.717, 1.165) is 11.3 Å². The maximum atomic E-state index is 13.6. The van der Waals surface area contributed by atoms with Crippen LogP contribution in [0.2, 0.25) is 0 Å². The van der Waals surface area contributed by atoms with E-state index in [1.807, 2.05) is 38.1 Å². The van der Waals surface area contributed by atoms with Gasteiger partial charge in [-0.25, -0.2) is 8.78 Å². The third-order valence-corrected chi connectivity index (χ3v) is 3.17. The zero-order chi connectivity index (χ0) is 15.4. The summed E-state index contributed by atoms with van der Waals surface area (Å²) in [5, 5.41) is 0. The minimum absolute atomic E-state index is 0.0208. The van der Waals surface area contributed by atoms with E-state index < -0.39 is 17.7 Å². The lowest BCUT2D eigenvalue weighted by atomic mass is 9.99. The van der Waals surface area contributed by atoms with Gasteiger partial charge in [0.2, 0.25) is 0 Å². The molecule has 21 heavy (non-hydrogen) atoms. The smallest absolute Gasteiger partial charge is 0.129 e. The second-order valence-corrected chi connectivity index (χ2v) is 5.25. The summed E-state index contributed by atoms with van der Waals surface area (Å²) in [7, 11) is 0. The molecule has 2 nitrogen and oxygen atoms in total. The molecule has 0 aliphatic carbocycles. The quantitative estimate of drug-likeness (QED) is 0.904. The first-order valence-electron chi connectivity index (χ1n) is 6.92. The zero-order valence-corrected chi connectivity index (χ0v) is 12.1. The minimum atomic E-state index is -0.565. The average molecular weight is 291 g/mol. The van der Waals surface area contributed by atoms with E-state index >= 15 is 0 Å². The Balaban J connectivity index is 2.11. The number of rotatable bonds is 5. The summed E-state index contributed by atoms with van der Waals surface area (Å²) in [6.07, 6.45) is 0.208. The SMILES string of the molecule is CC(C)Oc1ccc(C(N)Cc2c(F)cccc2F)cc1. The number of ether oxygens (including phenoxy) is 1. The summed E-state index contributed by atoms with van der Waals surface area (Å²) in [4.78, 5) is 0. The van der Waals surface area contributed by atoms with Crippen molar-refractivity contribution in [2.45, 2.75) is 32.4 Å². The van der Waals surface area contributed by atoms with Crippen LogP contribution in [-0.2, 0) is 6.42 Å². The molecule has 1 atom stereocenters. The molecule has 4 heteroatoms. The molecule has 0 saturated heterocycles. The Bertz CT molecular complexity index is 576. The second-order valence-electron chi connectivity index (χ2n) is 5.25. The van der Waals surface area contributed by atoms with Gasteiger partial charge in [0.15, 0.2) is 0 Å². The van der Waals surface area contributed by atoms with Crippen LogP contribution >= 0.6 is 0 Å². The van der Waals surface area contributed by atoms with Crippen LogP contribution in [0.3, 0.4) is 0 Å². The molecule has 0 bridgehead atoms. The molecule has 0 aliphatic rings. The predicted octanol–water partition coefficient (Wildman–Crippen LogP) is 3.99. The molecule has 0 aromatic heterocycles. The van der Waals surface area contributed by atoms with Gasteiger partial charge in [0.05, 0.1) is 6.10 Å². The molecule has 1 unspecified atom stereocenters. The third kappa shape index (κ3) is 4.02. The van der Waals surface area contributed by atoms with Gasteiger partial charge in [-0.05, 0) is 50.1 Å². The van der Waals surface area contributed by atoms with Gasteiger partial charge < -0.3 is 10.5 Å². The molecular formula is C17H19F2NO. The van der Waals surface area contributed by atoms with Crippen LogP contribution in [0, 0.1) is 11.6 Å². The Morgan fingerprint density at radius 2 is 1.57 bits per heavy atom. The van der Waals surface area contributed by atoms with Crippen LogP contribution in [-0.4, -0.2) is 6.10 Å². The molecule has 2 rings (SSSR count). The fourth-order valence-corrected chi connectivity index (χ4v) is 2.13. The summed E-state index contributed by atoms with van der Waals surface area (Å²) in [6.45, 7) is 3.89. The second kappa shape index (κ2) is 6.68. The number of nitrogens with two attached hydrogens (primary N) is 1. The van der Waals surface area contributed by atoms with E-state index in [4.69, 9.17) is 10.5 Å². The van der Waals surface area contributed by atoms with E-state index in [2.05, 4.69) is 0 Å². The van der Waals surface area contributed by atoms with Crippen molar-refractivity contribution >= 4 is 0 Å². The topological polar surface area (TPSA) is 35.2 Å². The lowest BCUT2D eigenvalue weighted by Gasteiger charge is -2.15. The van der Waals surface area contributed by atoms with Gasteiger partial charge in [0.1, 0.15) is 17.4 Å². The Kier molecular flexibility index (Phi) is 4.91. The molecule has 0 heterocycles. The van der Waals surface area contributed by atoms with Crippen LogP contribution in [0.15, 0.2) is 42.5 Å². The van der Waals surface area contributed by atoms with Crippen LogP contribution in [0.25, 0.3) is 0 Å². The van der Waals surface area contributed by atoms with Crippen LogP contribution in [0.4, 0.5) is 8.78 Å². The largest absolute Gasteiger partial charge is 0.491 e. The summed E-state index contributed by atoms with van der Waals surface area (Å²) >= 11 is 0. The third-order valence-electron chi connectivity index (χ3n) is 3.17. The molecule has 2 aromatic rings. The van der Waals surface area contributed by atoms with Gasteiger partial charge in [-0.3, -0.25) is 0 Å². The normalized spacial score (nSPS) is 12.5. The van der Waals surface area contributed by atoms with Crippen molar-refractivity contribution in [2.75, 3.05) is 0 Å². The van der Waals surface area contributed by atoms with E-state index in [1.54, 1.807) is 0 Å². The van der Waals surface area contributed by atoms with Crippen molar-refractivity contribution in [3.05, 3.63) is 65.2 Å². The monoisotopic (exact) mass is 291 g/mol. The number of halogens is 2. The van der Waals surface area contributed by atoms with Crippen LogP contribution in [0.1, 0.15) is 31.0 Å². The molecule has 2 aromatic carbocycles. The summed E-state index contributed by atoms with van der Waals surface area (Å²) < 4.78 is 32.8. The van der Waals surface area contributed by atoms with Crippen LogP contribution < -0.4 is 10.5 Å². The molecule has 0 saturated carbocycles. The molecule has 2 N–H and O–H groups in total. The zero-order valence-electron chi connectivity index (χ0n) is 12.1. The van der Waals surface area contributed by atoms with Crippen molar-refractivity contribution in [3.63, 3.8) is 0 Å². The Labute approximate surface area is 123 Å². The molecule has 0 spiro atoms. The highest BCUT2D eigenvalue weighted by Crippen LogP contribution is 2.22. The lowest BCUT2D eigenvalue weighted by Crippen LogP contribution is -2.15. The van der Waals surface area contributed by atoms with Gasteiger partial charge in [0, 0.05) is 11.6 Å². The van der Waals surface area contributed by atoms with E-state index in [-0.39, 0.29) is 18.1 Å². The fraction of sp³-hybridized carbons (Fsp3) is 0.294. The standard InChI is InChI=1S/C17H19F2NO/c1-11(2)21-13-8-6-12(7-9-13)17(20)10-14-15(18)4-3-5-16(14)19/h3-9,11,17H,10,20H2,1-2H3. The highest BCUT2D eigenvalue weighted by molar-refractivity contribution is 5.31. The van der Waals surface area contributed by atoms with Gasteiger partial charge in [-0.2, -0.15) is 0 Å². The van der Waals surface area contributed by atoms with Crippen molar-refractivity contribution < 1.29 is 13.5 Å². The Morgan fingerprint density at radius 1 is 1.00 bits per heavy atom. The first-order chi connectivity index (χ1) is 9.97. The summed E-state index contributed by atoms with van der Waals surface area (Å²) in [6, 6.07) is 10.6. The number of hydrogen-bond donors (Lipinski definition) is 1. The maximum Gasteiger partial charge on any atom is 0.129 e. The van der Waals surface area contributed by atoms with E-state index in [0.29, 0.717) is 0 Å². The Hall–Kier alpha value is -1.94. The fourth-order valence-electron chi connectivity index (χ4n) is 2.13. The van der Waals surface area contributed by atoms with Crippen molar-refractivity contribution in [1.82, 2.24) is 0 Å². The summed E-state index contributed by atoms with van der Waals surface area (Å²) in [5.74, 6) is -0.381. The van der Waals surface area contributed by atoms with Crippen molar-refractivity contribution in [1.29, 1.82) is 0 Å². The first kappa shape index (κ1) is 15.4. The van der Waals surface area contributed by atoms with Crippen molar-refractivity contribution in [2.24, 2.45) is 5.73 Å². The van der Waals surface area contributed by atoms with Gasteiger partial charge in [0.25, 0.3) is 0 Å². The molecule has 0 fully saturated rings. The van der Waals surface area contributed by atoms with Crippen molar-refractivity contribution in [3.8, 4) is 5.75 Å². The highest BCUT2D eigenvalue weighted by Gasteiger charge is 2.14. The van der Waals surface area contributed by atoms with Gasteiger partial charge >= 0.3 is 0 Å².